The third-order valence-electron chi connectivity index (χ3n) is 6.88. The topological polar surface area (TPSA) is 105 Å². The van der Waals surface area contributed by atoms with Gasteiger partial charge in [-0.1, -0.05) is 43.7 Å². The summed E-state index contributed by atoms with van der Waals surface area (Å²) >= 11 is 0. The first-order valence-electron chi connectivity index (χ1n) is 12.8. The summed E-state index contributed by atoms with van der Waals surface area (Å²) < 4.78 is 37.2. The molecule has 1 heterocycles. The van der Waals surface area contributed by atoms with Gasteiger partial charge < -0.3 is 9.47 Å². The van der Waals surface area contributed by atoms with Gasteiger partial charge in [0.25, 0.3) is 5.91 Å². The molecule has 3 aromatic carbocycles. The third-order valence-corrected chi connectivity index (χ3v) is 9.39. The molecule has 0 saturated carbocycles. The van der Waals surface area contributed by atoms with Crippen LogP contribution in [-0.4, -0.2) is 48.9 Å². The number of unbranched alkanes of at least 4 members (excludes halogenated alkanes) is 1. The first-order chi connectivity index (χ1) is 18.4. The van der Waals surface area contributed by atoms with Crippen molar-refractivity contribution in [1.82, 2.24) is 10.4 Å². The Bertz CT molecular complexity index is 1300. The molecule has 0 radical (unpaired) electrons. The number of piperidine rings is 1. The molecule has 8 nitrogen and oxygen atoms in total. The predicted octanol–water partition coefficient (Wildman–Crippen LogP) is 4.97. The van der Waals surface area contributed by atoms with Gasteiger partial charge in [0.15, 0.2) is 14.6 Å². The molecule has 4 rings (SSSR count). The molecule has 0 aromatic heterocycles. The molecule has 3 aromatic rings. The summed E-state index contributed by atoms with van der Waals surface area (Å²) in [5.74, 6) is 1.13. The fourth-order valence-electron chi connectivity index (χ4n) is 4.66. The van der Waals surface area contributed by atoms with Gasteiger partial charge in [0, 0.05) is 19.6 Å². The second-order valence-electron chi connectivity index (χ2n) is 9.45. The Morgan fingerprint density at radius 2 is 1.63 bits per heavy atom. The fourth-order valence-corrected chi connectivity index (χ4v) is 6.61. The van der Waals surface area contributed by atoms with Gasteiger partial charge in [-0.15, -0.1) is 0 Å². The lowest BCUT2D eigenvalue weighted by Crippen LogP contribution is -2.57. The van der Waals surface area contributed by atoms with Gasteiger partial charge in [-0.2, -0.15) is 0 Å². The SMILES string of the molecule is CCCCOc1ccc(S(=O)(=O)C2(C(=O)NO)CCN(Cc3cccc(Oc4ccccc4)c3)CC2)cc1. The van der Waals surface area contributed by atoms with Crippen LogP contribution in [0.15, 0.2) is 83.8 Å². The minimum atomic E-state index is -4.09. The molecule has 0 bridgehead atoms. The molecule has 2 N–H and O–H groups in total. The number of hydroxylamine groups is 1. The summed E-state index contributed by atoms with van der Waals surface area (Å²) in [4.78, 5) is 15.0. The normalized spacial score (nSPS) is 15.5. The van der Waals surface area contributed by atoms with Gasteiger partial charge in [0.1, 0.15) is 17.2 Å². The second kappa shape index (κ2) is 12.4. The number of sulfone groups is 1. The molecule has 1 fully saturated rings. The van der Waals surface area contributed by atoms with E-state index in [1.807, 2.05) is 54.6 Å². The molecule has 1 aliphatic rings. The Labute approximate surface area is 224 Å². The highest BCUT2D eigenvalue weighted by molar-refractivity contribution is 7.93. The zero-order valence-corrected chi connectivity index (χ0v) is 22.3. The van der Waals surface area contributed by atoms with Gasteiger partial charge in [-0.05, 0) is 73.4 Å². The molecular weight excluding hydrogens is 504 g/mol. The summed E-state index contributed by atoms with van der Waals surface area (Å²) in [5.41, 5.74) is 2.63. The molecule has 1 saturated heterocycles. The van der Waals surface area contributed by atoms with E-state index in [2.05, 4.69) is 11.8 Å². The summed E-state index contributed by atoms with van der Waals surface area (Å²) in [6, 6.07) is 23.4. The molecule has 0 unspecified atom stereocenters. The van der Waals surface area contributed by atoms with Crippen LogP contribution in [0, 0.1) is 0 Å². The van der Waals surface area contributed by atoms with Crippen LogP contribution >= 0.6 is 0 Å². The van der Waals surface area contributed by atoms with E-state index in [0.717, 1.165) is 24.2 Å². The number of nitrogens with one attached hydrogen (secondary N) is 1. The van der Waals surface area contributed by atoms with E-state index in [1.165, 1.54) is 12.1 Å². The third kappa shape index (κ3) is 6.18. The van der Waals surface area contributed by atoms with Gasteiger partial charge in [0.2, 0.25) is 0 Å². The van der Waals surface area contributed by atoms with Gasteiger partial charge in [0.05, 0.1) is 11.5 Å². The molecule has 9 heteroatoms. The van der Waals surface area contributed by atoms with Crippen LogP contribution in [0.2, 0.25) is 0 Å². The molecular formula is C29H34N2O6S. The van der Waals surface area contributed by atoms with E-state index in [-0.39, 0.29) is 17.7 Å². The van der Waals surface area contributed by atoms with E-state index in [4.69, 9.17) is 9.47 Å². The highest BCUT2D eigenvalue weighted by atomic mass is 32.2. The smallest absolute Gasteiger partial charge is 0.265 e. The van der Waals surface area contributed by atoms with Crippen molar-refractivity contribution in [2.75, 3.05) is 19.7 Å². The number of carbonyl (C=O) groups excluding carboxylic acids is 1. The first kappa shape index (κ1) is 27.6. The number of carbonyl (C=O) groups is 1. The maximum absolute atomic E-state index is 13.7. The van der Waals surface area contributed by atoms with E-state index in [0.29, 0.717) is 37.7 Å². The number of rotatable bonds is 11. The Balaban J connectivity index is 1.45. The standard InChI is InChI=1S/C29H34N2O6S/c1-2-3-20-36-24-12-14-27(15-13-24)38(34,35)29(28(32)30-33)16-18-31(19-17-29)22-23-8-7-11-26(21-23)37-25-9-5-4-6-10-25/h4-15,21,33H,2-3,16-20,22H2,1H3,(H,30,32). The zero-order valence-electron chi connectivity index (χ0n) is 21.5. The zero-order chi connectivity index (χ0) is 27.0. The molecule has 1 aliphatic heterocycles. The molecule has 1 amide bonds. The predicted molar refractivity (Wildman–Crippen MR) is 144 cm³/mol. The lowest BCUT2D eigenvalue weighted by Gasteiger charge is -2.39. The first-order valence-corrected chi connectivity index (χ1v) is 14.3. The number of benzene rings is 3. The summed E-state index contributed by atoms with van der Waals surface area (Å²) in [6.45, 7) is 3.93. The van der Waals surface area contributed by atoms with Crippen molar-refractivity contribution >= 4 is 15.7 Å². The second-order valence-corrected chi connectivity index (χ2v) is 11.7. The van der Waals surface area contributed by atoms with E-state index >= 15 is 0 Å². The van der Waals surface area contributed by atoms with Crippen molar-refractivity contribution in [3.63, 3.8) is 0 Å². The highest BCUT2D eigenvalue weighted by Crippen LogP contribution is 2.37. The molecule has 202 valence electrons. The van der Waals surface area contributed by atoms with Crippen molar-refractivity contribution in [3.8, 4) is 17.2 Å². The Kier molecular flexibility index (Phi) is 9.04. The quantitative estimate of drug-likeness (QED) is 0.202. The minimum Gasteiger partial charge on any atom is -0.494 e. The average Bonchev–Trinajstić information content (AvgIpc) is 2.94. The van der Waals surface area contributed by atoms with Crippen LogP contribution in [0.4, 0.5) is 0 Å². The van der Waals surface area contributed by atoms with Crippen LogP contribution in [-0.2, 0) is 21.2 Å². The number of nitrogens with zero attached hydrogens (tertiary/aromatic N) is 1. The molecule has 0 atom stereocenters. The van der Waals surface area contributed by atoms with Gasteiger partial charge >= 0.3 is 0 Å². The molecule has 0 spiro atoms. The van der Waals surface area contributed by atoms with Crippen LogP contribution in [0.25, 0.3) is 0 Å². The average molecular weight is 539 g/mol. The minimum absolute atomic E-state index is 0.0307. The largest absolute Gasteiger partial charge is 0.494 e. The summed E-state index contributed by atoms with van der Waals surface area (Å²) in [7, 11) is -4.09. The van der Waals surface area contributed by atoms with Gasteiger partial charge in [-0.3, -0.25) is 14.9 Å². The Hall–Kier alpha value is -3.40. The van der Waals surface area contributed by atoms with E-state index in [1.54, 1.807) is 17.6 Å². The maximum atomic E-state index is 13.7. The Morgan fingerprint density at radius 3 is 2.29 bits per heavy atom. The number of para-hydroxylation sites is 1. The van der Waals surface area contributed by atoms with Crippen LogP contribution < -0.4 is 15.0 Å². The van der Waals surface area contributed by atoms with Crippen LogP contribution in [0.5, 0.6) is 17.2 Å². The molecule has 38 heavy (non-hydrogen) atoms. The van der Waals surface area contributed by atoms with Crippen molar-refractivity contribution in [1.29, 1.82) is 0 Å². The number of hydrogen-bond donors (Lipinski definition) is 2. The van der Waals surface area contributed by atoms with E-state index < -0.39 is 20.5 Å². The fraction of sp³-hybridized carbons (Fsp3) is 0.345. The number of likely N-dealkylation sites (tertiary alicyclic amines) is 1. The van der Waals surface area contributed by atoms with Crippen molar-refractivity contribution in [2.45, 2.75) is 48.8 Å². The summed E-state index contributed by atoms with van der Waals surface area (Å²) in [6.07, 6.45) is 2.00. The lowest BCUT2D eigenvalue weighted by atomic mass is 9.94. The summed E-state index contributed by atoms with van der Waals surface area (Å²) in [5, 5.41) is 9.47. The number of hydrogen-bond acceptors (Lipinski definition) is 7. The number of amides is 1. The monoisotopic (exact) mass is 538 g/mol. The van der Waals surface area contributed by atoms with E-state index in [9.17, 15) is 18.4 Å². The van der Waals surface area contributed by atoms with Crippen LogP contribution in [0.3, 0.4) is 0 Å². The Morgan fingerprint density at radius 1 is 0.947 bits per heavy atom. The van der Waals surface area contributed by atoms with Crippen molar-refractivity contribution < 1.29 is 27.9 Å². The number of ether oxygens (including phenoxy) is 2. The van der Waals surface area contributed by atoms with Crippen molar-refractivity contribution in [2.24, 2.45) is 0 Å². The van der Waals surface area contributed by atoms with Gasteiger partial charge in [-0.25, -0.2) is 13.9 Å². The maximum Gasteiger partial charge on any atom is 0.265 e. The van der Waals surface area contributed by atoms with Crippen molar-refractivity contribution in [3.05, 3.63) is 84.4 Å². The molecule has 0 aliphatic carbocycles. The van der Waals surface area contributed by atoms with Crippen LogP contribution in [0.1, 0.15) is 38.2 Å². The lowest BCUT2D eigenvalue weighted by molar-refractivity contribution is -0.133. The highest BCUT2D eigenvalue weighted by Gasteiger charge is 2.52.